The fraction of sp³-hybridized carbons (Fsp3) is 0.385. The second-order valence-electron chi connectivity index (χ2n) is 8.44. The van der Waals surface area contributed by atoms with Gasteiger partial charge in [0.25, 0.3) is 0 Å². The Bertz CT molecular complexity index is 822. The predicted octanol–water partition coefficient (Wildman–Crippen LogP) is 7.50. The molecule has 0 aromatic heterocycles. The summed E-state index contributed by atoms with van der Waals surface area (Å²) in [7, 11) is 0. The molecule has 0 saturated carbocycles. The second kappa shape index (κ2) is 7.27. The van der Waals surface area contributed by atoms with Crippen LogP contribution in [0.1, 0.15) is 64.2 Å². The second-order valence-corrected chi connectivity index (χ2v) is 8.44. The number of hydrogen-bond acceptors (Lipinski definition) is 0. The lowest BCUT2D eigenvalue weighted by Crippen LogP contribution is -2.30. The van der Waals surface area contributed by atoms with Gasteiger partial charge in [0.1, 0.15) is 0 Å². The molecular formula is C26H32. The molecule has 0 heteroatoms. The van der Waals surface area contributed by atoms with E-state index >= 15 is 0 Å². The van der Waals surface area contributed by atoms with Gasteiger partial charge in [0.2, 0.25) is 0 Å². The highest BCUT2D eigenvalue weighted by Gasteiger charge is 2.38. The summed E-state index contributed by atoms with van der Waals surface area (Å²) in [5.41, 5.74) is 8.23. The molecule has 0 amide bonds. The molecule has 2 aliphatic carbocycles. The van der Waals surface area contributed by atoms with E-state index in [-0.39, 0.29) is 5.41 Å². The summed E-state index contributed by atoms with van der Waals surface area (Å²) >= 11 is 0. The van der Waals surface area contributed by atoms with Gasteiger partial charge in [-0.3, -0.25) is 0 Å². The molecule has 0 saturated heterocycles. The van der Waals surface area contributed by atoms with Crippen molar-refractivity contribution in [3.8, 4) is 0 Å². The van der Waals surface area contributed by atoms with Crippen molar-refractivity contribution >= 4 is 11.6 Å². The predicted molar refractivity (Wildman–Crippen MR) is 116 cm³/mol. The first-order chi connectivity index (χ1) is 12.4. The fourth-order valence-electron chi connectivity index (χ4n) is 4.49. The van der Waals surface area contributed by atoms with E-state index in [0.717, 1.165) is 12.8 Å². The van der Waals surface area contributed by atoms with E-state index in [1.807, 2.05) is 0 Å². The minimum Gasteiger partial charge on any atom is -0.0908 e. The Balaban J connectivity index is 2.12. The average Bonchev–Trinajstić information content (AvgIpc) is 2.60. The van der Waals surface area contributed by atoms with E-state index in [0.29, 0.717) is 11.8 Å². The van der Waals surface area contributed by atoms with Crippen LogP contribution in [0.15, 0.2) is 66.3 Å². The maximum absolute atomic E-state index is 4.59. The zero-order valence-corrected chi connectivity index (χ0v) is 17.0. The molecule has 0 radical (unpaired) electrons. The van der Waals surface area contributed by atoms with Crippen LogP contribution in [-0.4, -0.2) is 0 Å². The van der Waals surface area contributed by atoms with E-state index in [9.17, 15) is 0 Å². The van der Waals surface area contributed by atoms with Gasteiger partial charge in [-0.2, -0.15) is 0 Å². The summed E-state index contributed by atoms with van der Waals surface area (Å²) in [6.07, 6.45) is 16.0. The lowest BCUT2D eigenvalue weighted by Gasteiger charge is -2.42. The summed E-state index contributed by atoms with van der Waals surface area (Å²) in [5, 5.41) is 0. The van der Waals surface area contributed by atoms with Gasteiger partial charge in [-0.1, -0.05) is 88.9 Å². The molecular weight excluding hydrogens is 312 g/mol. The van der Waals surface area contributed by atoms with E-state index in [1.165, 1.54) is 33.4 Å². The normalized spacial score (nSPS) is 21.8. The number of hydrogen-bond donors (Lipinski definition) is 0. The molecule has 0 heterocycles. The lowest BCUT2D eigenvalue weighted by molar-refractivity contribution is 0.566. The minimum atomic E-state index is 0.0143. The quantitative estimate of drug-likeness (QED) is 0.496. The third-order valence-corrected chi connectivity index (χ3v) is 5.76. The molecule has 1 aromatic carbocycles. The Hall–Kier alpha value is -2.08. The molecule has 0 spiro atoms. The zero-order chi connectivity index (χ0) is 18.9. The van der Waals surface area contributed by atoms with Crippen molar-refractivity contribution in [2.45, 2.75) is 52.9 Å². The van der Waals surface area contributed by atoms with Gasteiger partial charge in [-0.15, -0.1) is 0 Å². The van der Waals surface area contributed by atoms with Crippen LogP contribution in [0.4, 0.5) is 0 Å². The van der Waals surface area contributed by atoms with E-state index in [2.05, 4.69) is 95.9 Å². The number of fused-ring (bicyclic) bond motifs is 1. The van der Waals surface area contributed by atoms with Crippen LogP contribution >= 0.6 is 0 Å². The zero-order valence-electron chi connectivity index (χ0n) is 17.0. The van der Waals surface area contributed by atoms with Gasteiger partial charge in [0.05, 0.1) is 0 Å². The number of rotatable bonds is 4. The minimum absolute atomic E-state index is 0.0143. The Kier molecular flexibility index (Phi) is 5.23. The van der Waals surface area contributed by atoms with Crippen LogP contribution in [0, 0.1) is 11.8 Å². The molecule has 1 unspecified atom stereocenters. The van der Waals surface area contributed by atoms with Gasteiger partial charge in [0, 0.05) is 5.41 Å². The summed E-state index contributed by atoms with van der Waals surface area (Å²) in [6, 6.07) is 6.69. The molecule has 136 valence electrons. The van der Waals surface area contributed by atoms with Gasteiger partial charge >= 0.3 is 0 Å². The Morgan fingerprint density at radius 3 is 2.73 bits per heavy atom. The van der Waals surface area contributed by atoms with Crippen LogP contribution in [-0.2, 0) is 5.41 Å². The summed E-state index contributed by atoms with van der Waals surface area (Å²) in [6.45, 7) is 15.9. The van der Waals surface area contributed by atoms with Crippen LogP contribution in [0.2, 0.25) is 0 Å². The standard InChI is InChI=1S/C26H32/c1-7-11-20-14-9-16-22-24(20)19(4)25-21(13-8-12-18(2)3)15-10-17-23(25)26(22,5)6/h7-12,14,16-18,21H,4,13,15H2,1-3,5-6H3/b11-7-,12-8?. The van der Waals surface area contributed by atoms with Crippen LogP contribution in [0.25, 0.3) is 11.6 Å². The van der Waals surface area contributed by atoms with Crippen LogP contribution < -0.4 is 0 Å². The van der Waals surface area contributed by atoms with E-state index in [4.69, 9.17) is 0 Å². The van der Waals surface area contributed by atoms with Gasteiger partial charge in [-0.05, 0) is 65.0 Å². The molecule has 3 rings (SSSR count). The van der Waals surface area contributed by atoms with Crippen molar-refractivity contribution < 1.29 is 0 Å². The summed E-state index contributed by atoms with van der Waals surface area (Å²) in [5.74, 6) is 1.14. The van der Waals surface area contributed by atoms with Gasteiger partial charge in [0.15, 0.2) is 0 Å². The first-order valence-corrected chi connectivity index (χ1v) is 9.91. The van der Waals surface area contributed by atoms with Crippen molar-refractivity contribution in [2.75, 3.05) is 0 Å². The first kappa shape index (κ1) is 18.7. The van der Waals surface area contributed by atoms with Crippen LogP contribution in [0.3, 0.4) is 0 Å². The molecule has 0 nitrogen and oxygen atoms in total. The fourth-order valence-corrected chi connectivity index (χ4v) is 4.49. The van der Waals surface area contributed by atoms with Crippen molar-refractivity contribution in [3.05, 3.63) is 83.0 Å². The monoisotopic (exact) mass is 344 g/mol. The third-order valence-electron chi connectivity index (χ3n) is 5.76. The molecule has 0 N–H and O–H groups in total. The molecule has 2 aliphatic rings. The van der Waals surface area contributed by atoms with Crippen molar-refractivity contribution in [1.29, 1.82) is 0 Å². The van der Waals surface area contributed by atoms with Crippen molar-refractivity contribution in [1.82, 2.24) is 0 Å². The van der Waals surface area contributed by atoms with Crippen molar-refractivity contribution in [3.63, 3.8) is 0 Å². The Labute approximate surface area is 159 Å². The molecule has 26 heavy (non-hydrogen) atoms. The highest BCUT2D eigenvalue weighted by Crippen LogP contribution is 2.52. The first-order valence-electron chi connectivity index (χ1n) is 9.91. The van der Waals surface area contributed by atoms with E-state index < -0.39 is 0 Å². The van der Waals surface area contributed by atoms with Gasteiger partial charge < -0.3 is 0 Å². The topological polar surface area (TPSA) is 0 Å². The molecule has 1 aromatic rings. The van der Waals surface area contributed by atoms with Gasteiger partial charge in [-0.25, -0.2) is 0 Å². The maximum atomic E-state index is 4.59. The summed E-state index contributed by atoms with van der Waals surface area (Å²) in [4.78, 5) is 0. The molecule has 0 bridgehead atoms. The third kappa shape index (κ3) is 3.18. The molecule has 1 atom stereocenters. The maximum Gasteiger partial charge on any atom is 0.0155 e. The highest BCUT2D eigenvalue weighted by molar-refractivity contribution is 5.90. The lowest BCUT2D eigenvalue weighted by atomic mass is 9.62. The molecule has 0 aliphatic heterocycles. The largest absolute Gasteiger partial charge is 0.0908 e. The van der Waals surface area contributed by atoms with Crippen molar-refractivity contribution in [2.24, 2.45) is 11.8 Å². The average molecular weight is 345 g/mol. The SMILES string of the molecule is C=C1C2=C(C=CCC2CC=CC(C)C)C(C)(C)c2cccc(/C=C\C)c21. The highest BCUT2D eigenvalue weighted by atomic mass is 14.4. The smallest absolute Gasteiger partial charge is 0.0155 e. The Morgan fingerprint density at radius 2 is 2.04 bits per heavy atom. The van der Waals surface area contributed by atoms with E-state index in [1.54, 1.807) is 0 Å². The Morgan fingerprint density at radius 1 is 1.27 bits per heavy atom. The molecule has 0 fully saturated rings. The summed E-state index contributed by atoms with van der Waals surface area (Å²) < 4.78 is 0. The number of benzene rings is 1. The number of allylic oxidation sites excluding steroid dienone is 8. The van der Waals surface area contributed by atoms with Crippen LogP contribution in [0.5, 0.6) is 0 Å².